The monoisotopic (exact) mass is 478 g/mol. The molecule has 0 aromatic heterocycles. The number of nitrogens with one attached hydrogen (secondary N) is 1. The first-order valence-electron chi connectivity index (χ1n) is 11.8. The molecule has 0 spiro atoms. The van der Waals surface area contributed by atoms with E-state index in [0.29, 0.717) is 5.92 Å². The van der Waals surface area contributed by atoms with Crippen molar-refractivity contribution in [1.82, 2.24) is 10.2 Å². The Morgan fingerprint density at radius 3 is 2.10 bits per heavy atom. The summed E-state index contributed by atoms with van der Waals surface area (Å²) in [4.78, 5) is 2.59. The number of aliphatic hydroxyl groups excluding tert-OH is 1. The van der Waals surface area contributed by atoms with E-state index in [9.17, 15) is 5.11 Å². The van der Waals surface area contributed by atoms with Crippen LogP contribution in [-0.4, -0.2) is 55.4 Å². The number of rotatable bonds is 12. The Kier molecular flexibility index (Phi) is 22.7. The molecule has 0 bridgehead atoms. The van der Waals surface area contributed by atoms with Crippen LogP contribution in [0.15, 0.2) is 30.3 Å². The van der Waals surface area contributed by atoms with Crippen LogP contribution in [0.25, 0.3) is 0 Å². The molecule has 1 aromatic carbocycles. The van der Waals surface area contributed by atoms with Crippen LogP contribution in [-0.2, 0) is 4.74 Å². The van der Waals surface area contributed by atoms with E-state index in [4.69, 9.17) is 4.74 Å². The number of aliphatic hydroxyl groups is 1. The average Bonchev–Trinajstić information content (AvgIpc) is 2.75. The average molecular weight is 480 g/mol. The second-order valence-corrected chi connectivity index (χ2v) is 8.42. The minimum Gasteiger partial charge on any atom is -0.387 e. The molecule has 6 heteroatoms. The lowest BCUT2D eigenvalue weighted by Crippen LogP contribution is -2.38. The van der Waals surface area contributed by atoms with Crippen LogP contribution < -0.4 is 5.32 Å². The molecule has 1 heterocycles. The fraction of sp³-hybridized carbons (Fsp3) is 0.760. The Morgan fingerprint density at radius 2 is 1.58 bits per heavy atom. The van der Waals surface area contributed by atoms with Gasteiger partial charge < -0.3 is 20.1 Å². The van der Waals surface area contributed by atoms with Crippen molar-refractivity contribution in [2.45, 2.75) is 78.4 Å². The molecular formula is C25H48Cl2N2O2. The molecule has 2 rings (SSSR count). The van der Waals surface area contributed by atoms with Crippen molar-refractivity contribution < 1.29 is 9.84 Å². The number of likely N-dealkylation sites (tertiary alicyclic amines) is 1. The normalized spacial score (nSPS) is 15.8. The van der Waals surface area contributed by atoms with Crippen LogP contribution >= 0.6 is 24.8 Å². The number of benzene rings is 1. The zero-order valence-electron chi connectivity index (χ0n) is 20.2. The van der Waals surface area contributed by atoms with E-state index in [2.05, 4.69) is 24.1 Å². The highest BCUT2D eigenvalue weighted by Gasteiger charge is 2.20. The van der Waals surface area contributed by atoms with Crippen LogP contribution in [0.5, 0.6) is 0 Å². The van der Waals surface area contributed by atoms with E-state index in [1.54, 1.807) is 0 Å². The number of nitrogens with zero attached hydrogens (tertiary/aromatic N) is 1. The SMILES string of the molecule is CC(C)CCC(NCCCN1CCCCC1)C(O)c1ccccc1.CCOCC.Cl.Cl. The smallest absolute Gasteiger partial charge is 0.0942 e. The second-order valence-electron chi connectivity index (χ2n) is 8.42. The van der Waals surface area contributed by atoms with Gasteiger partial charge in [0.25, 0.3) is 0 Å². The lowest BCUT2D eigenvalue weighted by molar-refractivity contribution is 0.119. The maximum Gasteiger partial charge on any atom is 0.0942 e. The van der Waals surface area contributed by atoms with Gasteiger partial charge in [-0.25, -0.2) is 0 Å². The van der Waals surface area contributed by atoms with Crippen molar-refractivity contribution in [2.75, 3.05) is 39.4 Å². The van der Waals surface area contributed by atoms with Crippen LogP contribution in [0, 0.1) is 5.92 Å². The molecule has 0 aliphatic carbocycles. The zero-order chi connectivity index (χ0) is 21.3. The summed E-state index contributed by atoms with van der Waals surface area (Å²) < 4.78 is 4.83. The van der Waals surface area contributed by atoms with E-state index in [0.717, 1.165) is 38.2 Å². The summed E-state index contributed by atoms with van der Waals surface area (Å²) in [5, 5.41) is 14.4. The molecule has 1 aliphatic rings. The highest BCUT2D eigenvalue weighted by Crippen LogP contribution is 2.21. The van der Waals surface area contributed by atoms with Gasteiger partial charge in [0.05, 0.1) is 6.10 Å². The summed E-state index contributed by atoms with van der Waals surface area (Å²) >= 11 is 0. The van der Waals surface area contributed by atoms with Gasteiger partial charge in [0.1, 0.15) is 0 Å². The van der Waals surface area contributed by atoms with Crippen molar-refractivity contribution in [3.05, 3.63) is 35.9 Å². The van der Waals surface area contributed by atoms with Crippen molar-refractivity contribution in [2.24, 2.45) is 5.92 Å². The largest absolute Gasteiger partial charge is 0.387 e. The lowest BCUT2D eigenvalue weighted by atomic mass is 9.95. The van der Waals surface area contributed by atoms with E-state index in [-0.39, 0.29) is 30.9 Å². The molecule has 1 aromatic rings. The zero-order valence-corrected chi connectivity index (χ0v) is 21.9. The Morgan fingerprint density at radius 1 is 0.968 bits per heavy atom. The summed E-state index contributed by atoms with van der Waals surface area (Å²) in [5.41, 5.74) is 1.02. The fourth-order valence-corrected chi connectivity index (χ4v) is 3.74. The fourth-order valence-electron chi connectivity index (χ4n) is 3.74. The van der Waals surface area contributed by atoms with E-state index >= 15 is 0 Å². The summed E-state index contributed by atoms with van der Waals surface area (Å²) in [7, 11) is 0. The second kappa shape index (κ2) is 21.5. The van der Waals surface area contributed by atoms with E-state index < -0.39 is 6.10 Å². The van der Waals surface area contributed by atoms with E-state index in [1.807, 2.05) is 44.2 Å². The van der Waals surface area contributed by atoms with Crippen LogP contribution in [0.3, 0.4) is 0 Å². The predicted octanol–water partition coefficient (Wildman–Crippen LogP) is 5.88. The Hall–Kier alpha value is -0.360. The molecule has 2 unspecified atom stereocenters. The lowest BCUT2D eigenvalue weighted by Gasteiger charge is -2.28. The molecule has 31 heavy (non-hydrogen) atoms. The molecular weight excluding hydrogens is 431 g/mol. The van der Waals surface area contributed by atoms with Crippen molar-refractivity contribution in [3.63, 3.8) is 0 Å². The standard InChI is InChI=1S/C21H36N2O.C4H10O.2ClH/c1-18(2)12-13-20(21(24)19-10-5-3-6-11-19)22-14-9-17-23-15-7-4-8-16-23;1-3-5-4-2;;/h3,5-6,10-11,18,20-22,24H,4,7-9,12-17H2,1-2H3;3-4H2,1-2H3;2*1H. The van der Waals surface area contributed by atoms with Crippen LogP contribution in [0.1, 0.15) is 77.9 Å². The maximum atomic E-state index is 10.8. The molecule has 2 N–H and O–H groups in total. The minimum atomic E-state index is -0.417. The van der Waals surface area contributed by atoms with Crippen molar-refractivity contribution in [1.29, 1.82) is 0 Å². The minimum absolute atomic E-state index is 0. The van der Waals surface area contributed by atoms with Crippen molar-refractivity contribution in [3.8, 4) is 0 Å². The van der Waals surface area contributed by atoms with Gasteiger partial charge in [-0.2, -0.15) is 0 Å². The number of ether oxygens (including phenoxy) is 1. The Bertz CT molecular complexity index is 484. The molecule has 1 fully saturated rings. The van der Waals surface area contributed by atoms with Gasteiger partial charge in [-0.15, -0.1) is 24.8 Å². The van der Waals surface area contributed by atoms with Crippen molar-refractivity contribution >= 4 is 24.8 Å². The number of piperidine rings is 1. The number of hydrogen-bond donors (Lipinski definition) is 2. The topological polar surface area (TPSA) is 44.7 Å². The van der Waals surface area contributed by atoms with Gasteiger partial charge in [-0.3, -0.25) is 0 Å². The summed E-state index contributed by atoms with van der Waals surface area (Å²) in [6.07, 6.45) is 7.04. The molecule has 0 saturated carbocycles. The predicted molar refractivity (Wildman–Crippen MR) is 139 cm³/mol. The first-order valence-corrected chi connectivity index (χ1v) is 11.8. The van der Waals surface area contributed by atoms with Gasteiger partial charge in [-0.05, 0) is 83.6 Å². The molecule has 1 aliphatic heterocycles. The molecule has 4 nitrogen and oxygen atoms in total. The van der Waals surface area contributed by atoms with Crippen LogP contribution in [0.4, 0.5) is 0 Å². The summed E-state index contributed by atoms with van der Waals surface area (Å²) in [5.74, 6) is 0.672. The molecule has 184 valence electrons. The maximum absolute atomic E-state index is 10.8. The first kappa shape index (κ1) is 32.8. The Balaban J connectivity index is 0. The van der Waals surface area contributed by atoms with E-state index in [1.165, 1.54) is 45.3 Å². The molecule has 0 radical (unpaired) electrons. The molecule has 0 amide bonds. The quantitative estimate of drug-likeness (QED) is 0.368. The molecule has 1 saturated heterocycles. The highest BCUT2D eigenvalue weighted by atomic mass is 35.5. The summed E-state index contributed by atoms with van der Waals surface area (Å²) in [6, 6.07) is 10.2. The van der Waals surface area contributed by atoms with Gasteiger partial charge in [0.2, 0.25) is 0 Å². The summed E-state index contributed by atoms with van der Waals surface area (Å²) in [6.45, 7) is 14.9. The molecule has 2 atom stereocenters. The van der Waals surface area contributed by atoms with Crippen LogP contribution in [0.2, 0.25) is 0 Å². The van der Waals surface area contributed by atoms with Gasteiger partial charge in [0.15, 0.2) is 0 Å². The Labute approximate surface area is 204 Å². The number of halogens is 2. The van der Waals surface area contributed by atoms with Gasteiger partial charge in [0, 0.05) is 19.3 Å². The highest BCUT2D eigenvalue weighted by molar-refractivity contribution is 5.85. The van der Waals surface area contributed by atoms with Gasteiger partial charge >= 0.3 is 0 Å². The number of hydrogen-bond acceptors (Lipinski definition) is 4. The third-order valence-corrected chi connectivity index (χ3v) is 5.49. The third-order valence-electron chi connectivity index (χ3n) is 5.49. The third kappa shape index (κ3) is 16.0. The first-order chi connectivity index (χ1) is 14.1. The van der Waals surface area contributed by atoms with Gasteiger partial charge in [-0.1, -0.05) is 50.6 Å².